The summed E-state index contributed by atoms with van der Waals surface area (Å²) in [5, 5.41) is 6.26. The summed E-state index contributed by atoms with van der Waals surface area (Å²) >= 11 is 0. The van der Waals surface area contributed by atoms with Gasteiger partial charge in [0, 0.05) is 25.6 Å². The minimum Gasteiger partial charge on any atom is -0.378 e. The number of amides is 1. The number of hydrogen-bond donors (Lipinski definition) is 2. The third-order valence-electron chi connectivity index (χ3n) is 4.63. The second kappa shape index (κ2) is 7.90. The fraction of sp³-hybridized carbons (Fsp3) is 0.611. The average molecular weight is 318 g/mol. The molecule has 2 aliphatic heterocycles. The maximum absolute atomic E-state index is 12.2. The highest BCUT2D eigenvalue weighted by atomic mass is 16.5. The third kappa shape index (κ3) is 4.31. The van der Waals surface area contributed by atoms with E-state index in [9.17, 15) is 4.79 Å². The summed E-state index contributed by atoms with van der Waals surface area (Å²) in [6, 6.07) is 8.28. The topological polar surface area (TPSA) is 59.6 Å². The van der Waals surface area contributed by atoms with Crippen molar-refractivity contribution in [2.75, 3.05) is 32.9 Å². The molecule has 0 aromatic heterocycles. The molecule has 0 spiro atoms. The normalized spacial score (nSPS) is 28.3. The molecule has 0 radical (unpaired) electrons. The van der Waals surface area contributed by atoms with Crippen molar-refractivity contribution in [3.05, 3.63) is 35.4 Å². The van der Waals surface area contributed by atoms with E-state index in [0.29, 0.717) is 25.7 Å². The van der Waals surface area contributed by atoms with Crippen LogP contribution < -0.4 is 10.6 Å². The van der Waals surface area contributed by atoms with Crippen molar-refractivity contribution in [3.63, 3.8) is 0 Å². The fourth-order valence-corrected chi connectivity index (χ4v) is 3.27. The van der Waals surface area contributed by atoms with Gasteiger partial charge in [0.25, 0.3) is 0 Å². The Morgan fingerprint density at radius 1 is 1.30 bits per heavy atom. The first-order valence-corrected chi connectivity index (χ1v) is 8.51. The summed E-state index contributed by atoms with van der Waals surface area (Å²) in [5.41, 5.74) is 2.45. The molecule has 3 rings (SSSR count). The fourth-order valence-electron chi connectivity index (χ4n) is 3.27. The number of nitrogens with one attached hydrogen (secondary N) is 2. The minimum atomic E-state index is -0.230. The molecule has 23 heavy (non-hydrogen) atoms. The molecule has 0 bridgehead atoms. The van der Waals surface area contributed by atoms with Gasteiger partial charge < -0.3 is 20.1 Å². The Morgan fingerprint density at radius 3 is 2.87 bits per heavy atom. The predicted molar refractivity (Wildman–Crippen MR) is 88.2 cm³/mol. The molecule has 5 heteroatoms. The lowest BCUT2D eigenvalue weighted by Gasteiger charge is -2.33. The molecule has 2 saturated heterocycles. The second-order valence-corrected chi connectivity index (χ2v) is 6.43. The van der Waals surface area contributed by atoms with Crippen LogP contribution in [0.4, 0.5) is 0 Å². The molecular formula is C18H26N2O3. The molecule has 3 atom stereocenters. The number of ether oxygens (including phenoxy) is 2. The molecule has 126 valence electrons. The van der Waals surface area contributed by atoms with Crippen molar-refractivity contribution in [2.45, 2.75) is 31.9 Å². The lowest BCUT2D eigenvalue weighted by molar-refractivity contribution is -0.126. The van der Waals surface area contributed by atoms with Gasteiger partial charge in [-0.3, -0.25) is 4.79 Å². The van der Waals surface area contributed by atoms with Crippen molar-refractivity contribution >= 4 is 5.91 Å². The molecule has 2 aliphatic rings. The zero-order chi connectivity index (χ0) is 16.1. The molecule has 1 amide bonds. The molecule has 0 aliphatic carbocycles. The first-order chi connectivity index (χ1) is 11.2. The Kier molecular flexibility index (Phi) is 5.65. The van der Waals surface area contributed by atoms with Gasteiger partial charge in [0.05, 0.1) is 19.3 Å². The summed E-state index contributed by atoms with van der Waals surface area (Å²) in [5.74, 6) is 0.345. The van der Waals surface area contributed by atoms with Crippen LogP contribution in [0.5, 0.6) is 0 Å². The highest BCUT2D eigenvalue weighted by Crippen LogP contribution is 2.33. The van der Waals surface area contributed by atoms with Gasteiger partial charge in [-0.05, 0) is 25.3 Å². The van der Waals surface area contributed by atoms with Crippen LogP contribution in [0.3, 0.4) is 0 Å². The van der Waals surface area contributed by atoms with Crippen molar-refractivity contribution in [3.8, 4) is 0 Å². The molecule has 5 nitrogen and oxygen atoms in total. The average Bonchev–Trinajstić information content (AvgIpc) is 2.61. The van der Waals surface area contributed by atoms with E-state index in [2.05, 4.69) is 41.8 Å². The Labute approximate surface area is 137 Å². The first-order valence-electron chi connectivity index (χ1n) is 8.51. The van der Waals surface area contributed by atoms with Crippen LogP contribution in [0.25, 0.3) is 0 Å². The van der Waals surface area contributed by atoms with E-state index >= 15 is 0 Å². The first kappa shape index (κ1) is 16.4. The van der Waals surface area contributed by atoms with Crippen molar-refractivity contribution in [1.29, 1.82) is 0 Å². The van der Waals surface area contributed by atoms with Gasteiger partial charge in [-0.25, -0.2) is 0 Å². The van der Waals surface area contributed by atoms with Crippen molar-refractivity contribution < 1.29 is 14.3 Å². The van der Waals surface area contributed by atoms with Crippen LogP contribution in [0.1, 0.15) is 30.1 Å². The Bertz CT molecular complexity index is 512. The Morgan fingerprint density at radius 2 is 2.13 bits per heavy atom. The summed E-state index contributed by atoms with van der Waals surface area (Å²) in [6.07, 6.45) is 2.20. The number of morpholine rings is 1. The maximum atomic E-state index is 12.2. The number of carbonyl (C=O) groups is 1. The summed E-state index contributed by atoms with van der Waals surface area (Å²) in [6.45, 7) is 5.39. The molecule has 1 aromatic rings. The summed E-state index contributed by atoms with van der Waals surface area (Å²) in [4.78, 5) is 12.2. The number of hydrogen-bond acceptors (Lipinski definition) is 4. The number of rotatable bonds is 4. The highest BCUT2D eigenvalue weighted by molar-refractivity contribution is 5.82. The van der Waals surface area contributed by atoms with Crippen LogP contribution in [0.15, 0.2) is 24.3 Å². The molecule has 0 saturated carbocycles. The SMILES string of the molecule is Cc1ccc(C2OCCCC2CNC(=O)C2COCCN2)cc1. The van der Waals surface area contributed by atoms with Crippen LogP contribution in [0.2, 0.25) is 0 Å². The molecule has 1 aromatic carbocycles. The van der Waals surface area contributed by atoms with Gasteiger partial charge in [-0.1, -0.05) is 29.8 Å². The minimum absolute atomic E-state index is 0.0259. The molecule has 3 unspecified atom stereocenters. The van der Waals surface area contributed by atoms with Crippen LogP contribution in [0, 0.1) is 12.8 Å². The molecule has 2 fully saturated rings. The predicted octanol–water partition coefficient (Wildman–Crippen LogP) is 1.57. The van der Waals surface area contributed by atoms with Crippen LogP contribution in [-0.4, -0.2) is 44.9 Å². The summed E-state index contributed by atoms with van der Waals surface area (Å²) in [7, 11) is 0. The maximum Gasteiger partial charge on any atom is 0.239 e. The third-order valence-corrected chi connectivity index (χ3v) is 4.63. The van der Waals surface area contributed by atoms with E-state index in [4.69, 9.17) is 9.47 Å². The lowest BCUT2D eigenvalue weighted by atomic mass is 9.89. The highest BCUT2D eigenvalue weighted by Gasteiger charge is 2.29. The van der Waals surface area contributed by atoms with E-state index < -0.39 is 0 Å². The van der Waals surface area contributed by atoms with Gasteiger partial charge in [0.1, 0.15) is 6.04 Å². The van der Waals surface area contributed by atoms with E-state index in [-0.39, 0.29) is 18.1 Å². The lowest BCUT2D eigenvalue weighted by Crippen LogP contribution is -2.52. The Balaban J connectivity index is 1.58. The standard InChI is InChI=1S/C18H26N2O3/c1-13-4-6-14(7-5-13)17-15(3-2-9-23-17)11-20-18(21)16-12-22-10-8-19-16/h4-7,15-17,19H,2-3,8-12H2,1H3,(H,20,21). The van der Waals surface area contributed by atoms with Gasteiger partial charge in [0.2, 0.25) is 5.91 Å². The summed E-state index contributed by atoms with van der Waals surface area (Å²) < 4.78 is 11.4. The van der Waals surface area contributed by atoms with Crippen molar-refractivity contribution in [2.24, 2.45) is 5.92 Å². The van der Waals surface area contributed by atoms with Crippen LogP contribution >= 0.6 is 0 Å². The zero-order valence-corrected chi connectivity index (χ0v) is 13.7. The Hall–Kier alpha value is -1.43. The number of carbonyl (C=O) groups excluding carboxylic acids is 1. The molecule has 2 heterocycles. The zero-order valence-electron chi connectivity index (χ0n) is 13.7. The van der Waals surface area contributed by atoms with Gasteiger partial charge in [0.15, 0.2) is 0 Å². The molecule has 2 N–H and O–H groups in total. The number of aryl methyl sites for hydroxylation is 1. The van der Waals surface area contributed by atoms with E-state index in [0.717, 1.165) is 26.0 Å². The van der Waals surface area contributed by atoms with Gasteiger partial charge in [-0.2, -0.15) is 0 Å². The van der Waals surface area contributed by atoms with E-state index in [1.165, 1.54) is 11.1 Å². The van der Waals surface area contributed by atoms with E-state index in [1.54, 1.807) is 0 Å². The van der Waals surface area contributed by atoms with Crippen LogP contribution in [-0.2, 0) is 14.3 Å². The van der Waals surface area contributed by atoms with Crippen molar-refractivity contribution in [1.82, 2.24) is 10.6 Å². The van der Waals surface area contributed by atoms with E-state index in [1.807, 2.05) is 0 Å². The van der Waals surface area contributed by atoms with Gasteiger partial charge in [-0.15, -0.1) is 0 Å². The monoisotopic (exact) mass is 318 g/mol. The second-order valence-electron chi connectivity index (χ2n) is 6.43. The van der Waals surface area contributed by atoms with Gasteiger partial charge >= 0.3 is 0 Å². The largest absolute Gasteiger partial charge is 0.378 e. The quantitative estimate of drug-likeness (QED) is 0.885. The number of benzene rings is 1. The smallest absolute Gasteiger partial charge is 0.239 e. The molecular weight excluding hydrogens is 292 g/mol.